The molecule has 0 spiro atoms. The normalized spacial score (nSPS) is 16.5. The highest BCUT2D eigenvalue weighted by molar-refractivity contribution is 6.30. The summed E-state index contributed by atoms with van der Waals surface area (Å²) in [6.45, 7) is 0.977. The number of halogens is 1. The Hall–Kier alpha value is -2.94. The molecule has 9 nitrogen and oxygen atoms in total. The number of carbonyl (C=O) groups excluding carboxylic acids is 1. The zero-order valence-corrected chi connectivity index (χ0v) is 16.4. The van der Waals surface area contributed by atoms with Gasteiger partial charge in [-0.1, -0.05) is 11.6 Å². The van der Waals surface area contributed by atoms with Gasteiger partial charge in [0, 0.05) is 37.9 Å². The van der Waals surface area contributed by atoms with Gasteiger partial charge in [0.25, 0.3) is 0 Å². The van der Waals surface area contributed by atoms with Gasteiger partial charge >= 0.3 is 5.69 Å². The summed E-state index contributed by atoms with van der Waals surface area (Å²) in [6, 6.07) is 6.97. The van der Waals surface area contributed by atoms with Gasteiger partial charge in [0.1, 0.15) is 6.20 Å². The molecule has 28 heavy (non-hydrogen) atoms. The number of piperidine rings is 1. The topological polar surface area (TPSA) is 104 Å². The lowest BCUT2D eigenvalue weighted by Gasteiger charge is -2.33. The molecule has 0 bridgehead atoms. The van der Waals surface area contributed by atoms with Crippen molar-refractivity contribution < 1.29 is 9.72 Å². The van der Waals surface area contributed by atoms with Gasteiger partial charge in [0.05, 0.1) is 10.8 Å². The lowest BCUT2D eigenvalue weighted by atomic mass is 9.96. The van der Waals surface area contributed by atoms with Crippen molar-refractivity contribution in [1.82, 2.24) is 14.9 Å². The summed E-state index contributed by atoms with van der Waals surface area (Å²) in [6.07, 6.45) is 2.70. The van der Waals surface area contributed by atoms with Gasteiger partial charge in [-0.25, -0.2) is 4.98 Å². The Labute approximate surface area is 167 Å². The standard InChI is InChI=1S/C18H21ClN6O3/c1-23(2)17(26)12-4-3-9-24(11-12)16-15(25(27)28)10-20-18(22-16)21-14-7-5-13(19)6-8-14/h5-8,10,12H,3-4,9,11H2,1-2H3,(H,20,21,22). The van der Waals surface area contributed by atoms with E-state index < -0.39 is 4.92 Å². The van der Waals surface area contributed by atoms with E-state index in [0.29, 0.717) is 23.8 Å². The zero-order valence-electron chi connectivity index (χ0n) is 15.6. The van der Waals surface area contributed by atoms with Crippen LogP contribution in [0.3, 0.4) is 0 Å². The fourth-order valence-corrected chi connectivity index (χ4v) is 3.31. The Morgan fingerprint density at radius 3 is 2.71 bits per heavy atom. The van der Waals surface area contributed by atoms with Gasteiger partial charge in [0.2, 0.25) is 17.7 Å². The highest BCUT2D eigenvalue weighted by atomic mass is 35.5. The first-order valence-corrected chi connectivity index (χ1v) is 9.23. The Morgan fingerprint density at radius 2 is 2.07 bits per heavy atom. The van der Waals surface area contributed by atoms with Crippen molar-refractivity contribution in [3.8, 4) is 0 Å². The lowest BCUT2D eigenvalue weighted by Crippen LogP contribution is -2.43. The molecule has 1 aromatic carbocycles. The van der Waals surface area contributed by atoms with Gasteiger partial charge in [-0.05, 0) is 37.1 Å². The first-order valence-electron chi connectivity index (χ1n) is 8.85. The van der Waals surface area contributed by atoms with Crippen LogP contribution >= 0.6 is 11.6 Å². The molecule has 1 saturated heterocycles. The number of anilines is 3. The molecule has 1 amide bonds. The third-order valence-electron chi connectivity index (χ3n) is 4.56. The van der Waals surface area contributed by atoms with Crippen LogP contribution in [0.4, 0.5) is 23.1 Å². The molecule has 1 aliphatic rings. The molecule has 2 aromatic rings. The fourth-order valence-electron chi connectivity index (χ4n) is 3.19. The molecule has 1 atom stereocenters. The summed E-state index contributed by atoms with van der Waals surface area (Å²) >= 11 is 5.89. The lowest BCUT2D eigenvalue weighted by molar-refractivity contribution is -0.384. The number of amides is 1. The predicted molar refractivity (Wildman–Crippen MR) is 107 cm³/mol. The Kier molecular flexibility index (Phi) is 5.93. The van der Waals surface area contributed by atoms with Crippen molar-refractivity contribution in [3.63, 3.8) is 0 Å². The van der Waals surface area contributed by atoms with E-state index in [0.717, 1.165) is 12.8 Å². The predicted octanol–water partition coefficient (Wildman–Crippen LogP) is 3.09. The quantitative estimate of drug-likeness (QED) is 0.603. The first kappa shape index (κ1) is 19.8. The summed E-state index contributed by atoms with van der Waals surface area (Å²) in [4.78, 5) is 35.1. The van der Waals surface area contributed by atoms with Crippen LogP contribution < -0.4 is 10.2 Å². The molecule has 148 valence electrons. The first-order chi connectivity index (χ1) is 13.3. The smallest absolute Gasteiger partial charge is 0.329 e. The Balaban J connectivity index is 1.88. The van der Waals surface area contributed by atoms with Gasteiger partial charge in [-0.2, -0.15) is 4.98 Å². The number of hydrogen-bond acceptors (Lipinski definition) is 7. The number of nitrogens with one attached hydrogen (secondary N) is 1. The van der Waals surface area contributed by atoms with E-state index in [2.05, 4.69) is 15.3 Å². The summed E-state index contributed by atoms with van der Waals surface area (Å²) in [7, 11) is 3.42. The minimum absolute atomic E-state index is 0.0147. The second-order valence-electron chi connectivity index (χ2n) is 6.81. The molecule has 0 saturated carbocycles. The van der Waals surface area contributed by atoms with Crippen LogP contribution in [0.15, 0.2) is 30.5 Å². The van der Waals surface area contributed by atoms with Crippen molar-refractivity contribution in [3.05, 3.63) is 45.6 Å². The number of nitrogens with zero attached hydrogens (tertiary/aromatic N) is 5. The summed E-state index contributed by atoms with van der Waals surface area (Å²) in [5.41, 5.74) is 0.531. The van der Waals surface area contributed by atoms with E-state index in [9.17, 15) is 14.9 Å². The number of benzene rings is 1. The van der Waals surface area contributed by atoms with Gasteiger partial charge < -0.3 is 15.1 Å². The van der Waals surface area contributed by atoms with Crippen LogP contribution in [0.2, 0.25) is 5.02 Å². The SMILES string of the molecule is CN(C)C(=O)C1CCCN(c2nc(Nc3ccc(Cl)cc3)ncc2[N+](=O)[O-])C1. The van der Waals surface area contributed by atoms with Gasteiger partial charge in [-0.15, -0.1) is 0 Å². The number of carbonyl (C=O) groups is 1. The van der Waals surface area contributed by atoms with E-state index in [1.54, 1.807) is 48.2 Å². The Bertz CT molecular complexity index is 874. The van der Waals surface area contributed by atoms with E-state index >= 15 is 0 Å². The van der Waals surface area contributed by atoms with Crippen LogP contribution in [-0.4, -0.2) is 52.9 Å². The summed E-state index contributed by atoms with van der Waals surface area (Å²) in [5, 5.41) is 15.1. The molecule has 1 N–H and O–H groups in total. The third kappa shape index (κ3) is 4.48. The number of aromatic nitrogens is 2. The molecule has 1 aliphatic heterocycles. The van der Waals surface area contributed by atoms with Crippen LogP contribution in [0.1, 0.15) is 12.8 Å². The average molecular weight is 405 g/mol. The van der Waals surface area contributed by atoms with Crippen molar-refractivity contribution in [1.29, 1.82) is 0 Å². The van der Waals surface area contributed by atoms with Crippen molar-refractivity contribution >= 4 is 40.6 Å². The van der Waals surface area contributed by atoms with Crippen LogP contribution in [0.5, 0.6) is 0 Å². The molecule has 3 rings (SSSR count). The average Bonchev–Trinajstić information content (AvgIpc) is 2.69. The summed E-state index contributed by atoms with van der Waals surface area (Å²) < 4.78 is 0. The number of hydrogen-bond donors (Lipinski definition) is 1. The van der Waals surface area contributed by atoms with Crippen molar-refractivity contribution in [2.75, 3.05) is 37.4 Å². The molecular weight excluding hydrogens is 384 g/mol. The maximum Gasteiger partial charge on any atom is 0.329 e. The molecule has 1 fully saturated rings. The van der Waals surface area contributed by atoms with E-state index in [1.807, 2.05) is 0 Å². The van der Waals surface area contributed by atoms with Crippen LogP contribution in [-0.2, 0) is 4.79 Å². The maximum absolute atomic E-state index is 12.3. The second-order valence-corrected chi connectivity index (χ2v) is 7.25. The molecular formula is C18H21ClN6O3. The van der Waals surface area contributed by atoms with E-state index in [4.69, 9.17) is 11.6 Å². The minimum atomic E-state index is -0.501. The molecule has 2 heterocycles. The number of rotatable bonds is 5. The summed E-state index contributed by atoms with van der Waals surface area (Å²) in [5.74, 6) is 0.253. The highest BCUT2D eigenvalue weighted by Gasteiger charge is 2.31. The third-order valence-corrected chi connectivity index (χ3v) is 4.81. The van der Waals surface area contributed by atoms with Gasteiger partial charge in [0.15, 0.2) is 0 Å². The van der Waals surface area contributed by atoms with E-state index in [1.165, 1.54) is 6.20 Å². The monoisotopic (exact) mass is 404 g/mol. The second kappa shape index (κ2) is 8.39. The highest BCUT2D eigenvalue weighted by Crippen LogP contribution is 2.31. The maximum atomic E-state index is 12.3. The van der Waals surface area contributed by atoms with Crippen molar-refractivity contribution in [2.45, 2.75) is 12.8 Å². The minimum Gasteiger partial charge on any atom is -0.350 e. The molecule has 0 aliphatic carbocycles. The molecule has 1 aromatic heterocycles. The van der Waals surface area contributed by atoms with Crippen molar-refractivity contribution in [2.24, 2.45) is 5.92 Å². The fraction of sp³-hybridized carbons (Fsp3) is 0.389. The van der Waals surface area contributed by atoms with Crippen LogP contribution in [0.25, 0.3) is 0 Å². The van der Waals surface area contributed by atoms with E-state index in [-0.39, 0.29) is 29.3 Å². The molecule has 0 radical (unpaired) electrons. The molecule has 10 heteroatoms. The van der Waals surface area contributed by atoms with Gasteiger partial charge in [-0.3, -0.25) is 14.9 Å². The zero-order chi connectivity index (χ0) is 20.3. The van der Waals surface area contributed by atoms with Crippen LogP contribution in [0, 0.1) is 16.0 Å². The largest absolute Gasteiger partial charge is 0.350 e. The Morgan fingerprint density at radius 1 is 1.36 bits per heavy atom. The number of nitro groups is 1. The molecule has 1 unspecified atom stereocenters.